The normalized spacial score (nSPS) is 10.9. The van der Waals surface area contributed by atoms with Crippen molar-refractivity contribution in [3.8, 4) is 0 Å². The molecule has 21 heavy (non-hydrogen) atoms. The molecule has 1 N–H and O–H groups in total. The lowest BCUT2D eigenvalue weighted by molar-refractivity contribution is 0.701. The molecule has 0 saturated heterocycles. The first kappa shape index (κ1) is 13.7. The Hall–Kier alpha value is -2.28. The summed E-state index contributed by atoms with van der Waals surface area (Å²) in [5.74, 6) is 1.44. The molecule has 0 aliphatic heterocycles. The molecule has 3 rings (SSSR count). The molecule has 0 fully saturated rings. The van der Waals surface area contributed by atoms with Crippen molar-refractivity contribution >= 4 is 27.4 Å². The Morgan fingerprint density at radius 3 is 3.05 bits per heavy atom. The van der Waals surface area contributed by atoms with Gasteiger partial charge in [0, 0.05) is 18.8 Å². The molecule has 3 aromatic rings. The van der Waals surface area contributed by atoms with E-state index in [2.05, 4.69) is 27.2 Å². The van der Waals surface area contributed by atoms with Crippen molar-refractivity contribution in [3.05, 3.63) is 46.2 Å². The quantitative estimate of drug-likeness (QED) is 0.781. The molecule has 0 aliphatic rings. The summed E-state index contributed by atoms with van der Waals surface area (Å²) in [7, 11) is 0. The van der Waals surface area contributed by atoms with Gasteiger partial charge in [-0.15, -0.1) is 11.3 Å². The van der Waals surface area contributed by atoms with Gasteiger partial charge in [-0.25, -0.2) is 15.0 Å². The lowest BCUT2D eigenvalue weighted by Crippen LogP contribution is -2.20. The van der Waals surface area contributed by atoms with Gasteiger partial charge >= 0.3 is 0 Å². The zero-order valence-electron chi connectivity index (χ0n) is 11.6. The number of rotatable bonds is 5. The first-order valence-corrected chi connectivity index (χ1v) is 7.64. The van der Waals surface area contributed by atoms with Crippen LogP contribution in [0, 0.1) is 0 Å². The number of aromatic nitrogens is 4. The summed E-state index contributed by atoms with van der Waals surface area (Å²) in [6.07, 6.45) is 4.01. The minimum absolute atomic E-state index is 0.108. The minimum atomic E-state index is -0.108. The Kier molecular flexibility index (Phi) is 3.92. The lowest BCUT2D eigenvalue weighted by Gasteiger charge is -2.08. The van der Waals surface area contributed by atoms with Crippen molar-refractivity contribution in [2.24, 2.45) is 0 Å². The Morgan fingerprint density at radius 2 is 2.24 bits per heavy atom. The fraction of sp³-hybridized carbons (Fsp3) is 0.286. The summed E-state index contributed by atoms with van der Waals surface area (Å²) in [6.45, 7) is 3.28. The van der Waals surface area contributed by atoms with Gasteiger partial charge < -0.3 is 5.32 Å². The van der Waals surface area contributed by atoms with Crippen LogP contribution >= 0.6 is 11.3 Å². The predicted octanol–water partition coefficient (Wildman–Crippen LogP) is 2.12. The smallest absolute Gasteiger partial charge is 0.253 e. The van der Waals surface area contributed by atoms with Gasteiger partial charge in [0.2, 0.25) is 0 Å². The second kappa shape index (κ2) is 6.01. The van der Waals surface area contributed by atoms with E-state index in [0.29, 0.717) is 12.4 Å². The zero-order valence-corrected chi connectivity index (χ0v) is 12.4. The molecule has 7 heteroatoms. The third-order valence-corrected chi connectivity index (χ3v) is 3.82. The molecule has 0 aliphatic carbocycles. The summed E-state index contributed by atoms with van der Waals surface area (Å²) in [6, 6.07) is 3.44. The third kappa shape index (κ3) is 2.92. The summed E-state index contributed by atoms with van der Waals surface area (Å²) < 4.78 is 1.50. The van der Waals surface area contributed by atoms with Crippen molar-refractivity contribution in [2.45, 2.75) is 19.9 Å². The molecule has 3 heterocycles. The van der Waals surface area contributed by atoms with Gasteiger partial charge in [0.15, 0.2) is 5.82 Å². The Balaban J connectivity index is 1.99. The van der Waals surface area contributed by atoms with Crippen LogP contribution in [0.2, 0.25) is 0 Å². The summed E-state index contributed by atoms with van der Waals surface area (Å²) in [4.78, 5) is 25.7. The fourth-order valence-corrected chi connectivity index (χ4v) is 2.78. The third-order valence-electron chi connectivity index (χ3n) is 3.02. The van der Waals surface area contributed by atoms with Crippen LogP contribution in [-0.2, 0) is 6.54 Å². The Bertz CT molecular complexity index is 810. The molecule has 0 aromatic carbocycles. The molecular formula is C14H15N5OS. The molecule has 0 atom stereocenters. The van der Waals surface area contributed by atoms with E-state index in [1.807, 2.05) is 11.4 Å². The highest BCUT2D eigenvalue weighted by Gasteiger charge is 2.09. The molecule has 0 amide bonds. The minimum Gasteiger partial charge on any atom is -0.369 e. The van der Waals surface area contributed by atoms with Crippen LogP contribution < -0.4 is 10.9 Å². The van der Waals surface area contributed by atoms with Crippen molar-refractivity contribution < 1.29 is 0 Å². The maximum absolute atomic E-state index is 11.7. The fourth-order valence-electron chi connectivity index (χ4n) is 2.00. The van der Waals surface area contributed by atoms with E-state index in [-0.39, 0.29) is 5.56 Å². The molecule has 0 unspecified atom stereocenters. The second-order valence-corrected chi connectivity index (χ2v) is 5.50. The molecule has 108 valence electrons. The van der Waals surface area contributed by atoms with Crippen LogP contribution in [0.1, 0.15) is 19.2 Å². The van der Waals surface area contributed by atoms with Gasteiger partial charge in [-0.1, -0.05) is 6.92 Å². The Morgan fingerprint density at radius 1 is 1.33 bits per heavy atom. The average molecular weight is 301 g/mol. The van der Waals surface area contributed by atoms with Crippen LogP contribution in [0.3, 0.4) is 0 Å². The zero-order chi connectivity index (χ0) is 14.7. The van der Waals surface area contributed by atoms with E-state index in [1.54, 1.807) is 11.3 Å². The molecule has 3 aromatic heterocycles. The predicted molar refractivity (Wildman–Crippen MR) is 83.8 cm³/mol. The van der Waals surface area contributed by atoms with Gasteiger partial charge in [0.05, 0.1) is 18.3 Å². The topological polar surface area (TPSA) is 72.7 Å². The number of thiophene rings is 1. The highest BCUT2D eigenvalue weighted by atomic mass is 32.1. The highest BCUT2D eigenvalue weighted by molar-refractivity contribution is 7.16. The number of hydrogen-bond donors (Lipinski definition) is 1. The SMILES string of the molecule is CCCNc1nc(Cn2cnccc2=O)nc2sccc12. The van der Waals surface area contributed by atoms with Crippen molar-refractivity contribution in [1.82, 2.24) is 19.5 Å². The number of hydrogen-bond acceptors (Lipinski definition) is 6. The summed E-state index contributed by atoms with van der Waals surface area (Å²) in [5, 5.41) is 6.34. The highest BCUT2D eigenvalue weighted by Crippen LogP contribution is 2.25. The van der Waals surface area contributed by atoms with E-state index in [9.17, 15) is 4.79 Å². The monoisotopic (exact) mass is 301 g/mol. The van der Waals surface area contributed by atoms with E-state index >= 15 is 0 Å². The Labute approximate surface area is 125 Å². The van der Waals surface area contributed by atoms with Crippen LogP contribution in [0.5, 0.6) is 0 Å². The van der Waals surface area contributed by atoms with Gasteiger partial charge in [-0.3, -0.25) is 9.36 Å². The van der Waals surface area contributed by atoms with E-state index < -0.39 is 0 Å². The first-order valence-electron chi connectivity index (χ1n) is 6.76. The maximum atomic E-state index is 11.7. The van der Waals surface area contributed by atoms with Crippen LogP contribution in [0.15, 0.2) is 34.8 Å². The van der Waals surface area contributed by atoms with Crippen LogP contribution in [0.4, 0.5) is 5.82 Å². The van der Waals surface area contributed by atoms with E-state index in [4.69, 9.17) is 0 Å². The molecular weight excluding hydrogens is 286 g/mol. The van der Waals surface area contributed by atoms with Crippen molar-refractivity contribution in [2.75, 3.05) is 11.9 Å². The number of nitrogens with zero attached hydrogens (tertiary/aromatic N) is 4. The standard InChI is InChI=1S/C14H15N5OS/c1-2-5-16-13-10-4-7-21-14(10)18-11(17-13)8-19-9-15-6-3-12(19)20/h3-4,6-7,9H,2,5,8H2,1H3,(H,16,17,18). The van der Waals surface area contributed by atoms with Gasteiger partial charge in [0.1, 0.15) is 10.6 Å². The van der Waals surface area contributed by atoms with Crippen molar-refractivity contribution in [3.63, 3.8) is 0 Å². The van der Waals surface area contributed by atoms with E-state index in [1.165, 1.54) is 23.2 Å². The van der Waals surface area contributed by atoms with Gasteiger partial charge in [0.25, 0.3) is 5.56 Å². The summed E-state index contributed by atoms with van der Waals surface area (Å²) >= 11 is 1.57. The molecule has 0 saturated carbocycles. The van der Waals surface area contributed by atoms with Crippen LogP contribution in [-0.4, -0.2) is 26.1 Å². The average Bonchev–Trinajstić information content (AvgIpc) is 2.95. The molecule has 6 nitrogen and oxygen atoms in total. The molecule has 0 spiro atoms. The maximum Gasteiger partial charge on any atom is 0.253 e. The van der Waals surface area contributed by atoms with Gasteiger partial charge in [-0.2, -0.15) is 0 Å². The first-order chi connectivity index (χ1) is 10.3. The largest absolute Gasteiger partial charge is 0.369 e. The molecule has 0 bridgehead atoms. The van der Waals surface area contributed by atoms with Gasteiger partial charge in [-0.05, 0) is 17.9 Å². The second-order valence-electron chi connectivity index (χ2n) is 4.60. The lowest BCUT2D eigenvalue weighted by atomic mass is 10.3. The number of fused-ring (bicyclic) bond motifs is 1. The van der Waals surface area contributed by atoms with Crippen LogP contribution in [0.25, 0.3) is 10.2 Å². The number of nitrogens with one attached hydrogen (secondary N) is 1. The summed E-state index contributed by atoms with van der Waals surface area (Å²) in [5.41, 5.74) is -0.108. The van der Waals surface area contributed by atoms with E-state index in [0.717, 1.165) is 29.0 Å². The molecule has 0 radical (unpaired) electrons. The van der Waals surface area contributed by atoms with Crippen molar-refractivity contribution in [1.29, 1.82) is 0 Å². The number of anilines is 1.